The Labute approximate surface area is 187 Å². The molecule has 2 fully saturated rings. The predicted octanol–water partition coefficient (Wildman–Crippen LogP) is 2.38. The molecule has 1 atom stereocenters. The number of sulfone groups is 1. The molecule has 2 aliphatic rings. The summed E-state index contributed by atoms with van der Waals surface area (Å²) in [4.78, 5) is 29.8. The maximum absolute atomic E-state index is 13.0. The van der Waals surface area contributed by atoms with Crippen molar-refractivity contribution in [3.8, 4) is 0 Å². The number of anilines is 1. The van der Waals surface area contributed by atoms with Crippen LogP contribution in [-0.4, -0.2) is 65.6 Å². The van der Waals surface area contributed by atoms with E-state index in [9.17, 15) is 13.2 Å². The molecule has 4 heterocycles. The molecule has 0 spiro atoms. The zero-order valence-corrected chi connectivity index (χ0v) is 19.0. The SMILES string of the molecule is CCS(=O)(=O)c1ccc(C[C@H]2CCN(C3CCN(c4cnc(Cl)cn4)CC3)C2=O)cn1. The Morgan fingerprint density at radius 3 is 2.42 bits per heavy atom. The summed E-state index contributed by atoms with van der Waals surface area (Å²) >= 11 is 5.81. The quantitative estimate of drug-likeness (QED) is 0.648. The van der Waals surface area contributed by atoms with Gasteiger partial charge in [0.25, 0.3) is 0 Å². The lowest BCUT2D eigenvalue weighted by Gasteiger charge is -2.37. The van der Waals surface area contributed by atoms with Gasteiger partial charge in [0.1, 0.15) is 11.0 Å². The van der Waals surface area contributed by atoms with Crippen molar-refractivity contribution in [2.75, 3.05) is 30.3 Å². The van der Waals surface area contributed by atoms with Crippen molar-refractivity contribution in [2.45, 2.75) is 43.7 Å². The minimum Gasteiger partial charge on any atom is -0.355 e. The number of pyridine rings is 1. The molecular weight excluding hydrogens is 438 g/mol. The Hall–Kier alpha value is -2.26. The summed E-state index contributed by atoms with van der Waals surface area (Å²) in [5.41, 5.74) is 0.895. The van der Waals surface area contributed by atoms with E-state index in [2.05, 4.69) is 19.9 Å². The summed E-state index contributed by atoms with van der Waals surface area (Å²) in [6, 6.07) is 3.56. The van der Waals surface area contributed by atoms with Crippen LogP contribution in [0.3, 0.4) is 0 Å². The zero-order valence-electron chi connectivity index (χ0n) is 17.4. The highest BCUT2D eigenvalue weighted by molar-refractivity contribution is 7.91. The third-order valence-electron chi connectivity index (χ3n) is 6.17. The second-order valence-corrected chi connectivity index (χ2v) is 10.7. The molecule has 4 rings (SSSR count). The van der Waals surface area contributed by atoms with Crippen molar-refractivity contribution in [2.24, 2.45) is 5.92 Å². The Morgan fingerprint density at radius 1 is 1.03 bits per heavy atom. The number of piperidine rings is 1. The topological polar surface area (TPSA) is 96.4 Å². The standard InChI is InChI=1S/C21H26ClN5O3S/c1-2-31(29,30)20-4-3-15(12-25-20)11-16-5-10-27(21(16)28)17-6-8-26(9-7-17)19-14-23-18(22)13-24-19/h3-4,12-14,16-17H,2,5-11H2,1H3/t16-/m1/s1. The minimum absolute atomic E-state index is 0.0266. The first-order valence-corrected chi connectivity index (χ1v) is 12.6. The van der Waals surface area contributed by atoms with Gasteiger partial charge in [-0.1, -0.05) is 24.6 Å². The molecule has 166 valence electrons. The lowest BCUT2D eigenvalue weighted by atomic mass is 9.99. The molecule has 2 saturated heterocycles. The Morgan fingerprint density at radius 2 is 1.81 bits per heavy atom. The van der Waals surface area contributed by atoms with Crippen LogP contribution in [0.15, 0.2) is 35.7 Å². The molecule has 0 N–H and O–H groups in total. The molecule has 1 amide bonds. The molecule has 8 nitrogen and oxygen atoms in total. The average molecular weight is 464 g/mol. The van der Waals surface area contributed by atoms with Gasteiger partial charge in [-0.2, -0.15) is 0 Å². The van der Waals surface area contributed by atoms with Gasteiger partial charge in [0, 0.05) is 37.8 Å². The van der Waals surface area contributed by atoms with Crippen LogP contribution in [0.5, 0.6) is 0 Å². The number of carbonyl (C=O) groups is 1. The molecule has 2 aliphatic heterocycles. The molecule has 0 saturated carbocycles. The largest absolute Gasteiger partial charge is 0.355 e. The average Bonchev–Trinajstić information content (AvgIpc) is 3.15. The van der Waals surface area contributed by atoms with E-state index >= 15 is 0 Å². The van der Waals surface area contributed by atoms with Crippen LogP contribution >= 0.6 is 11.6 Å². The monoisotopic (exact) mass is 463 g/mol. The van der Waals surface area contributed by atoms with Gasteiger partial charge in [0.2, 0.25) is 5.91 Å². The van der Waals surface area contributed by atoms with Crippen molar-refractivity contribution in [1.82, 2.24) is 19.9 Å². The first-order valence-electron chi connectivity index (χ1n) is 10.6. The molecule has 2 aromatic rings. The number of hydrogen-bond acceptors (Lipinski definition) is 7. The fourth-order valence-corrected chi connectivity index (χ4v) is 5.22. The van der Waals surface area contributed by atoms with Gasteiger partial charge < -0.3 is 9.80 Å². The van der Waals surface area contributed by atoms with Crippen LogP contribution < -0.4 is 4.90 Å². The number of rotatable bonds is 6. The van der Waals surface area contributed by atoms with Gasteiger partial charge in [0.15, 0.2) is 14.9 Å². The van der Waals surface area contributed by atoms with Crippen molar-refractivity contribution < 1.29 is 13.2 Å². The third kappa shape index (κ3) is 4.82. The highest BCUT2D eigenvalue weighted by atomic mass is 35.5. The van der Waals surface area contributed by atoms with E-state index in [0.29, 0.717) is 11.6 Å². The van der Waals surface area contributed by atoms with E-state index in [4.69, 9.17) is 11.6 Å². The van der Waals surface area contributed by atoms with Gasteiger partial charge in [0.05, 0.1) is 18.1 Å². The van der Waals surface area contributed by atoms with Crippen molar-refractivity contribution >= 4 is 33.2 Å². The normalized spacial score (nSPS) is 20.5. The van der Waals surface area contributed by atoms with E-state index < -0.39 is 9.84 Å². The molecule has 10 heteroatoms. The number of aromatic nitrogens is 3. The van der Waals surface area contributed by atoms with Crippen LogP contribution in [0.2, 0.25) is 5.15 Å². The summed E-state index contributed by atoms with van der Waals surface area (Å²) in [5, 5.41) is 0.472. The van der Waals surface area contributed by atoms with Gasteiger partial charge in [-0.3, -0.25) is 4.79 Å². The minimum atomic E-state index is -3.31. The predicted molar refractivity (Wildman–Crippen MR) is 118 cm³/mol. The number of hydrogen-bond donors (Lipinski definition) is 0. The number of halogens is 1. The first-order chi connectivity index (χ1) is 14.9. The maximum atomic E-state index is 13.0. The Bertz CT molecular complexity index is 1020. The van der Waals surface area contributed by atoms with E-state index in [1.54, 1.807) is 37.6 Å². The van der Waals surface area contributed by atoms with Crippen LogP contribution in [0.1, 0.15) is 31.7 Å². The highest BCUT2D eigenvalue weighted by Crippen LogP contribution is 2.29. The number of nitrogens with zero attached hydrogens (tertiary/aromatic N) is 5. The smallest absolute Gasteiger partial charge is 0.226 e. The number of likely N-dealkylation sites (tertiary alicyclic amines) is 1. The summed E-state index contributed by atoms with van der Waals surface area (Å²) in [7, 11) is -3.31. The second kappa shape index (κ2) is 9.08. The van der Waals surface area contributed by atoms with E-state index in [-0.39, 0.29) is 28.6 Å². The van der Waals surface area contributed by atoms with Gasteiger partial charge >= 0.3 is 0 Å². The van der Waals surface area contributed by atoms with Crippen LogP contribution in [0, 0.1) is 5.92 Å². The second-order valence-electron chi connectivity index (χ2n) is 8.05. The van der Waals surface area contributed by atoms with Gasteiger partial charge in [-0.05, 0) is 37.3 Å². The van der Waals surface area contributed by atoms with Crippen LogP contribution in [0.25, 0.3) is 0 Å². The van der Waals surface area contributed by atoms with E-state index in [0.717, 1.165) is 50.3 Å². The highest BCUT2D eigenvalue weighted by Gasteiger charge is 2.37. The summed E-state index contributed by atoms with van der Waals surface area (Å²) in [6.07, 6.45) is 8.03. The zero-order chi connectivity index (χ0) is 22.0. The fourth-order valence-electron chi connectivity index (χ4n) is 4.34. The van der Waals surface area contributed by atoms with Crippen LogP contribution in [-0.2, 0) is 21.1 Å². The fraction of sp³-hybridized carbons (Fsp3) is 0.524. The Kier molecular flexibility index (Phi) is 6.43. The molecule has 2 aromatic heterocycles. The summed E-state index contributed by atoms with van der Waals surface area (Å²) in [6.45, 7) is 4.02. The Balaban J connectivity index is 1.33. The van der Waals surface area contributed by atoms with Crippen molar-refractivity contribution in [3.05, 3.63) is 41.4 Å². The third-order valence-corrected chi connectivity index (χ3v) is 8.00. The molecule has 0 aliphatic carbocycles. The summed E-state index contributed by atoms with van der Waals surface area (Å²) < 4.78 is 23.8. The molecule has 31 heavy (non-hydrogen) atoms. The lowest BCUT2D eigenvalue weighted by molar-refractivity contribution is -0.133. The molecule has 0 bridgehead atoms. The van der Waals surface area contributed by atoms with Crippen molar-refractivity contribution in [3.63, 3.8) is 0 Å². The summed E-state index contributed by atoms with van der Waals surface area (Å²) in [5.74, 6) is 0.957. The maximum Gasteiger partial charge on any atom is 0.226 e. The number of amides is 1. The van der Waals surface area contributed by atoms with E-state index in [1.165, 1.54) is 0 Å². The molecule has 0 aromatic carbocycles. The van der Waals surface area contributed by atoms with Crippen LogP contribution in [0.4, 0.5) is 5.82 Å². The first kappa shape index (κ1) is 22.0. The molecule has 0 radical (unpaired) electrons. The number of carbonyl (C=O) groups excluding carboxylic acids is 1. The van der Waals surface area contributed by atoms with Gasteiger partial charge in [-0.25, -0.2) is 23.4 Å². The van der Waals surface area contributed by atoms with Crippen molar-refractivity contribution in [1.29, 1.82) is 0 Å². The molecular formula is C21H26ClN5O3S. The lowest BCUT2D eigenvalue weighted by Crippen LogP contribution is -2.46. The van der Waals surface area contributed by atoms with Gasteiger partial charge in [-0.15, -0.1) is 0 Å². The van der Waals surface area contributed by atoms with E-state index in [1.807, 2.05) is 4.90 Å². The molecule has 0 unspecified atom stereocenters.